The SMILES string of the molecule is Cc1ccc(S(=O)(=O)ONC(=O)OCCOc2ccccc2)cc1. The molecule has 0 atom stereocenters. The van der Waals surface area contributed by atoms with Gasteiger partial charge in [-0.1, -0.05) is 35.9 Å². The summed E-state index contributed by atoms with van der Waals surface area (Å²) in [5, 5.41) is 0. The molecule has 0 aliphatic heterocycles. The largest absolute Gasteiger partial charge is 0.490 e. The minimum absolute atomic E-state index is 0.0608. The van der Waals surface area contributed by atoms with Gasteiger partial charge in [-0.25, -0.2) is 4.79 Å². The number of rotatable bonds is 7. The molecule has 2 aromatic rings. The van der Waals surface area contributed by atoms with Crippen molar-refractivity contribution in [2.75, 3.05) is 13.2 Å². The van der Waals surface area contributed by atoms with Gasteiger partial charge < -0.3 is 9.47 Å². The highest BCUT2D eigenvalue weighted by atomic mass is 32.2. The highest BCUT2D eigenvalue weighted by molar-refractivity contribution is 7.86. The standard InChI is InChI=1S/C16H17NO6S/c1-13-7-9-15(10-8-13)24(19,20)23-17-16(18)22-12-11-21-14-5-3-2-4-6-14/h2-10H,11-12H2,1H3,(H,17,18). The van der Waals surface area contributed by atoms with Crippen molar-refractivity contribution in [3.63, 3.8) is 0 Å². The van der Waals surface area contributed by atoms with E-state index in [1.807, 2.05) is 25.1 Å². The van der Waals surface area contributed by atoms with Gasteiger partial charge in [0.05, 0.1) is 4.90 Å². The molecule has 1 N–H and O–H groups in total. The summed E-state index contributed by atoms with van der Waals surface area (Å²) < 4.78 is 38.2. The van der Waals surface area contributed by atoms with Gasteiger partial charge in [0.15, 0.2) is 0 Å². The molecular formula is C16H17NO6S. The van der Waals surface area contributed by atoms with Crippen LogP contribution in [0.4, 0.5) is 4.79 Å². The Labute approximate surface area is 140 Å². The second-order valence-corrected chi connectivity index (χ2v) is 6.30. The van der Waals surface area contributed by atoms with Crippen LogP contribution >= 0.6 is 0 Å². The van der Waals surface area contributed by atoms with E-state index in [0.29, 0.717) is 5.75 Å². The van der Waals surface area contributed by atoms with Gasteiger partial charge in [-0.3, -0.25) is 0 Å². The van der Waals surface area contributed by atoms with Gasteiger partial charge in [0.2, 0.25) is 0 Å². The Bertz CT molecular complexity index is 759. The zero-order chi connectivity index (χ0) is 17.4. The Morgan fingerprint density at radius 2 is 1.67 bits per heavy atom. The summed E-state index contributed by atoms with van der Waals surface area (Å²) in [6.07, 6.45) is -1.03. The first-order valence-corrected chi connectivity index (χ1v) is 8.49. The minimum Gasteiger partial charge on any atom is -0.490 e. The van der Waals surface area contributed by atoms with Gasteiger partial charge >= 0.3 is 16.2 Å². The van der Waals surface area contributed by atoms with Crippen LogP contribution in [-0.4, -0.2) is 27.7 Å². The number of para-hydroxylation sites is 1. The van der Waals surface area contributed by atoms with Crippen LogP contribution in [0, 0.1) is 6.92 Å². The van der Waals surface area contributed by atoms with Gasteiger partial charge in [-0.15, -0.1) is 4.28 Å². The van der Waals surface area contributed by atoms with E-state index < -0.39 is 16.2 Å². The van der Waals surface area contributed by atoms with E-state index in [0.717, 1.165) is 5.56 Å². The molecule has 1 amide bonds. The number of carbonyl (C=O) groups excluding carboxylic acids is 1. The maximum Gasteiger partial charge on any atom is 0.432 e. The minimum atomic E-state index is -4.09. The number of aryl methyl sites for hydroxylation is 1. The van der Waals surface area contributed by atoms with E-state index in [1.54, 1.807) is 29.7 Å². The van der Waals surface area contributed by atoms with Crippen molar-refractivity contribution in [1.29, 1.82) is 0 Å². The molecule has 7 nitrogen and oxygen atoms in total. The van der Waals surface area contributed by atoms with E-state index >= 15 is 0 Å². The average molecular weight is 351 g/mol. The summed E-state index contributed by atoms with van der Waals surface area (Å²) in [6.45, 7) is 1.89. The van der Waals surface area contributed by atoms with Gasteiger partial charge in [-0.05, 0) is 31.2 Å². The van der Waals surface area contributed by atoms with Gasteiger partial charge in [0.1, 0.15) is 19.0 Å². The van der Waals surface area contributed by atoms with Crippen LogP contribution in [0.5, 0.6) is 5.75 Å². The van der Waals surface area contributed by atoms with Gasteiger partial charge in [0, 0.05) is 0 Å². The Kier molecular flexibility index (Phi) is 6.16. The Morgan fingerprint density at radius 1 is 1.00 bits per heavy atom. The molecule has 8 heteroatoms. The molecule has 0 saturated carbocycles. The van der Waals surface area contributed by atoms with Crippen LogP contribution in [-0.2, 0) is 19.1 Å². The molecule has 2 rings (SSSR count). The fraction of sp³-hybridized carbons (Fsp3) is 0.188. The van der Waals surface area contributed by atoms with Crippen molar-refractivity contribution in [3.8, 4) is 5.75 Å². The van der Waals surface area contributed by atoms with Crippen LogP contribution in [0.25, 0.3) is 0 Å². The second kappa shape index (κ2) is 8.32. The Hall–Kier alpha value is -2.58. The summed E-state index contributed by atoms with van der Waals surface area (Å²) in [7, 11) is -4.09. The van der Waals surface area contributed by atoms with Gasteiger partial charge in [-0.2, -0.15) is 13.9 Å². The lowest BCUT2D eigenvalue weighted by atomic mass is 10.2. The molecule has 0 aliphatic rings. The van der Waals surface area contributed by atoms with Crippen LogP contribution in [0.3, 0.4) is 0 Å². The number of ether oxygens (including phenoxy) is 2. The van der Waals surface area contributed by atoms with E-state index in [2.05, 4.69) is 4.28 Å². The Balaban J connectivity index is 1.71. The van der Waals surface area contributed by atoms with Gasteiger partial charge in [0.25, 0.3) is 0 Å². The van der Waals surface area contributed by atoms with Crippen LogP contribution in [0.2, 0.25) is 0 Å². The maximum absolute atomic E-state index is 11.8. The summed E-state index contributed by atoms with van der Waals surface area (Å²) in [5.74, 6) is 0.639. The molecule has 2 aromatic carbocycles. The normalized spacial score (nSPS) is 10.9. The fourth-order valence-electron chi connectivity index (χ4n) is 1.68. The average Bonchev–Trinajstić information content (AvgIpc) is 2.58. The zero-order valence-electron chi connectivity index (χ0n) is 13.0. The number of hydrogen-bond donors (Lipinski definition) is 1. The fourth-order valence-corrected chi connectivity index (χ4v) is 2.43. The predicted octanol–water partition coefficient (Wildman–Crippen LogP) is 2.42. The van der Waals surface area contributed by atoms with Crippen LogP contribution in [0.15, 0.2) is 59.5 Å². The third-order valence-electron chi connectivity index (χ3n) is 2.87. The summed E-state index contributed by atoms with van der Waals surface area (Å²) in [4.78, 5) is 11.3. The summed E-state index contributed by atoms with van der Waals surface area (Å²) in [6, 6.07) is 15.0. The van der Waals surface area contributed by atoms with Crippen molar-refractivity contribution in [3.05, 3.63) is 60.2 Å². The number of nitrogens with one attached hydrogen (secondary N) is 1. The highest BCUT2D eigenvalue weighted by Gasteiger charge is 2.17. The first kappa shape index (κ1) is 17.8. The first-order valence-electron chi connectivity index (χ1n) is 7.08. The summed E-state index contributed by atoms with van der Waals surface area (Å²) in [5.41, 5.74) is 2.63. The number of hydrogen-bond acceptors (Lipinski definition) is 6. The van der Waals surface area contributed by atoms with E-state index in [1.165, 1.54) is 12.1 Å². The van der Waals surface area contributed by atoms with Crippen molar-refractivity contribution < 1.29 is 27.0 Å². The molecule has 0 heterocycles. The van der Waals surface area contributed by atoms with Crippen molar-refractivity contribution >= 4 is 16.2 Å². The quantitative estimate of drug-likeness (QED) is 0.608. The molecular weight excluding hydrogens is 334 g/mol. The molecule has 0 saturated heterocycles. The maximum atomic E-state index is 11.8. The number of benzene rings is 2. The van der Waals surface area contributed by atoms with Crippen molar-refractivity contribution in [2.45, 2.75) is 11.8 Å². The van der Waals surface area contributed by atoms with E-state index in [-0.39, 0.29) is 18.1 Å². The number of amides is 1. The summed E-state index contributed by atoms with van der Waals surface area (Å²) >= 11 is 0. The lowest BCUT2D eigenvalue weighted by Gasteiger charge is -2.09. The molecule has 0 fully saturated rings. The van der Waals surface area contributed by atoms with Crippen LogP contribution in [0.1, 0.15) is 5.56 Å². The molecule has 0 unspecified atom stereocenters. The van der Waals surface area contributed by atoms with Crippen molar-refractivity contribution in [2.24, 2.45) is 0 Å². The molecule has 0 aliphatic carbocycles. The first-order chi connectivity index (χ1) is 11.5. The number of hydroxylamine groups is 1. The van der Waals surface area contributed by atoms with E-state index in [9.17, 15) is 13.2 Å². The van der Waals surface area contributed by atoms with Crippen molar-refractivity contribution in [1.82, 2.24) is 5.48 Å². The highest BCUT2D eigenvalue weighted by Crippen LogP contribution is 2.12. The monoisotopic (exact) mass is 351 g/mol. The molecule has 0 bridgehead atoms. The number of carbonyl (C=O) groups is 1. The van der Waals surface area contributed by atoms with E-state index in [4.69, 9.17) is 9.47 Å². The molecule has 128 valence electrons. The molecule has 0 aromatic heterocycles. The Morgan fingerprint density at radius 3 is 2.33 bits per heavy atom. The smallest absolute Gasteiger partial charge is 0.432 e. The lowest BCUT2D eigenvalue weighted by molar-refractivity contribution is 0.0898. The third-order valence-corrected chi connectivity index (χ3v) is 4.03. The molecule has 0 radical (unpaired) electrons. The topological polar surface area (TPSA) is 90.9 Å². The van der Waals surface area contributed by atoms with Crippen LogP contribution < -0.4 is 10.2 Å². The lowest BCUT2D eigenvalue weighted by Crippen LogP contribution is -2.29. The zero-order valence-corrected chi connectivity index (χ0v) is 13.8. The predicted molar refractivity (Wildman–Crippen MR) is 85.9 cm³/mol. The molecule has 0 spiro atoms. The third kappa shape index (κ3) is 5.56. The second-order valence-electron chi connectivity index (χ2n) is 4.75. The molecule has 24 heavy (non-hydrogen) atoms.